The van der Waals surface area contributed by atoms with E-state index in [1.165, 1.54) is 24.8 Å². The highest BCUT2D eigenvalue weighted by Crippen LogP contribution is 2.38. The number of aromatic nitrogens is 1. The summed E-state index contributed by atoms with van der Waals surface area (Å²) in [6, 6.07) is 2.86. The Hall–Kier alpha value is -1.91. The molecular formula is C13H16N2O3. The number of amides is 1. The molecule has 1 aromatic rings. The molecule has 1 aliphatic rings. The molecule has 2 atom stereocenters. The summed E-state index contributed by atoms with van der Waals surface area (Å²) in [5, 5.41) is 8.74. The number of carbonyl (C=O) groups excluding carboxylic acids is 1. The molecular weight excluding hydrogens is 232 g/mol. The Labute approximate surface area is 105 Å². The lowest BCUT2D eigenvalue weighted by Gasteiger charge is -2.16. The second-order valence-electron chi connectivity index (χ2n) is 4.90. The maximum atomic E-state index is 12.0. The third-order valence-corrected chi connectivity index (χ3v) is 3.36. The predicted octanol–water partition coefficient (Wildman–Crippen LogP) is 1.51. The van der Waals surface area contributed by atoms with Crippen molar-refractivity contribution in [2.24, 2.45) is 11.8 Å². The van der Waals surface area contributed by atoms with Crippen LogP contribution in [0.1, 0.15) is 34.2 Å². The lowest BCUT2D eigenvalue weighted by molar-refractivity contribution is 0.0694. The zero-order chi connectivity index (χ0) is 13.3. The van der Waals surface area contributed by atoms with Gasteiger partial charge in [0.05, 0.1) is 5.56 Å². The number of carboxylic acid groups (broad SMARTS) is 1. The van der Waals surface area contributed by atoms with Gasteiger partial charge in [-0.05, 0) is 30.4 Å². The van der Waals surface area contributed by atoms with Crippen LogP contribution in [0.25, 0.3) is 0 Å². The molecule has 5 nitrogen and oxygen atoms in total. The summed E-state index contributed by atoms with van der Waals surface area (Å²) in [4.78, 5) is 28.2. The summed E-state index contributed by atoms with van der Waals surface area (Å²) in [5.41, 5.74) is 0.376. The molecule has 96 valence electrons. The fourth-order valence-electron chi connectivity index (χ4n) is 1.93. The van der Waals surface area contributed by atoms with E-state index >= 15 is 0 Å². The Morgan fingerprint density at radius 2 is 2.17 bits per heavy atom. The van der Waals surface area contributed by atoms with Crippen molar-refractivity contribution in [2.45, 2.75) is 13.3 Å². The molecule has 0 aromatic carbocycles. The van der Waals surface area contributed by atoms with Crippen molar-refractivity contribution in [3.05, 3.63) is 29.6 Å². The van der Waals surface area contributed by atoms with Crippen LogP contribution in [0.4, 0.5) is 0 Å². The number of pyridine rings is 1. The van der Waals surface area contributed by atoms with Gasteiger partial charge in [-0.2, -0.15) is 0 Å². The Bertz CT molecular complexity index is 470. The van der Waals surface area contributed by atoms with Crippen LogP contribution in [0, 0.1) is 11.8 Å². The Morgan fingerprint density at radius 1 is 1.50 bits per heavy atom. The smallest absolute Gasteiger partial charge is 0.337 e. The standard InChI is InChI=1S/C13H16N2O3/c1-8-5-10(8)7-15(2)12(16)11-4-3-9(6-14-11)13(17)18/h3-4,6,8,10H,5,7H2,1-2H3,(H,17,18). The first-order valence-electron chi connectivity index (χ1n) is 5.94. The van der Waals surface area contributed by atoms with Crippen molar-refractivity contribution in [2.75, 3.05) is 13.6 Å². The van der Waals surface area contributed by atoms with Crippen molar-refractivity contribution in [3.63, 3.8) is 0 Å². The number of aromatic carboxylic acids is 1. The molecule has 0 bridgehead atoms. The van der Waals surface area contributed by atoms with E-state index in [1.54, 1.807) is 11.9 Å². The topological polar surface area (TPSA) is 70.5 Å². The zero-order valence-electron chi connectivity index (χ0n) is 10.5. The first kappa shape index (κ1) is 12.5. The molecule has 0 aliphatic heterocycles. The van der Waals surface area contributed by atoms with Crippen molar-refractivity contribution in [3.8, 4) is 0 Å². The van der Waals surface area contributed by atoms with Crippen LogP contribution in [-0.2, 0) is 0 Å². The minimum atomic E-state index is -1.04. The molecule has 1 heterocycles. The van der Waals surface area contributed by atoms with Crippen LogP contribution in [0.2, 0.25) is 0 Å². The summed E-state index contributed by atoms with van der Waals surface area (Å²) in [6.07, 6.45) is 2.38. The van der Waals surface area contributed by atoms with Gasteiger partial charge in [-0.1, -0.05) is 6.92 Å². The van der Waals surface area contributed by atoms with Gasteiger partial charge in [-0.3, -0.25) is 9.78 Å². The highest BCUT2D eigenvalue weighted by Gasteiger charge is 2.34. The highest BCUT2D eigenvalue weighted by atomic mass is 16.4. The van der Waals surface area contributed by atoms with E-state index in [-0.39, 0.29) is 17.2 Å². The third-order valence-electron chi connectivity index (χ3n) is 3.36. The molecule has 1 aliphatic carbocycles. The molecule has 0 spiro atoms. The van der Waals surface area contributed by atoms with E-state index < -0.39 is 5.97 Å². The van der Waals surface area contributed by atoms with Gasteiger partial charge in [0, 0.05) is 19.8 Å². The van der Waals surface area contributed by atoms with Gasteiger partial charge in [0.2, 0.25) is 0 Å². The van der Waals surface area contributed by atoms with Crippen molar-refractivity contribution in [1.82, 2.24) is 9.88 Å². The van der Waals surface area contributed by atoms with Crippen LogP contribution in [0.3, 0.4) is 0 Å². The molecule has 18 heavy (non-hydrogen) atoms. The van der Waals surface area contributed by atoms with Gasteiger partial charge < -0.3 is 10.0 Å². The average molecular weight is 248 g/mol. The average Bonchev–Trinajstić information content (AvgIpc) is 3.04. The molecule has 1 fully saturated rings. The normalized spacial score (nSPS) is 21.4. The molecule has 0 radical (unpaired) electrons. The SMILES string of the molecule is CC1CC1CN(C)C(=O)c1ccc(C(=O)O)cn1. The highest BCUT2D eigenvalue weighted by molar-refractivity contribution is 5.93. The second kappa shape index (κ2) is 4.76. The molecule has 2 unspecified atom stereocenters. The number of nitrogens with zero attached hydrogens (tertiary/aromatic N) is 2. The van der Waals surface area contributed by atoms with E-state index in [4.69, 9.17) is 5.11 Å². The van der Waals surface area contributed by atoms with Gasteiger partial charge in [0.1, 0.15) is 5.69 Å². The van der Waals surface area contributed by atoms with E-state index in [2.05, 4.69) is 11.9 Å². The van der Waals surface area contributed by atoms with Crippen molar-refractivity contribution in [1.29, 1.82) is 0 Å². The summed E-state index contributed by atoms with van der Waals surface area (Å²) >= 11 is 0. The first-order chi connectivity index (χ1) is 8.49. The van der Waals surface area contributed by atoms with Gasteiger partial charge in [0.15, 0.2) is 0 Å². The van der Waals surface area contributed by atoms with Crippen LogP contribution in [0.5, 0.6) is 0 Å². The van der Waals surface area contributed by atoms with Gasteiger partial charge in [0.25, 0.3) is 5.91 Å². The molecule has 0 saturated heterocycles. The lowest BCUT2D eigenvalue weighted by Crippen LogP contribution is -2.29. The van der Waals surface area contributed by atoms with Crippen molar-refractivity contribution >= 4 is 11.9 Å². The molecule has 1 amide bonds. The number of hydrogen-bond acceptors (Lipinski definition) is 3. The molecule has 1 saturated carbocycles. The van der Waals surface area contributed by atoms with E-state index in [0.717, 1.165) is 6.54 Å². The van der Waals surface area contributed by atoms with Crippen molar-refractivity contribution < 1.29 is 14.7 Å². The number of carboxylic acids is 1. The fourth-order valence-corrected chi connectivity index (χ4v) is 1.93. The van der Waals surface area contributed by atoms with Gasteiger partial charge in [-0.25, -0.2) is 4.79 Å². The van der Waals surface area contributed by atoms with E-state index in [1.807, 2.05) is 0 Å². The minimum absolute atomic E-state index is 0.0880. The maximum absolute atomic E-state index is 12.0. The number of carbonyl (C=O) groups is 2. The molecule has 5 heteroatoms. The summed E-state index contributed by atoms with van der Waals surface area (Å²) in [6.45, 7) is 2.91. The monoisotopic (exact) mass is 248 g/mol. The largest absolute Gasteiger partial charge is 0.478 e. The van der Waals surface area contributed by atoms with Crippen LogP contribution in [-0.4, -0.2) is 40.5 Å². The minimum Gasteiger partial charge on any atom is -0.478 e. The predicted molar refractivity (Wildman–Crippen MR) is 65.4 cm³/mol. The Morgan fingerprint density at radius 3 is 2.61 bits per heavy atom. The van der Waals surface area contributed by atoms with Crippen LogP contribution >= 0.6 is 0 Å². The number of hydrogen-bond donors (Lipinski definition) is 1. The molecule has 1 N–H and O–H groups in total. The second-order valence-corrected chi connectivity index (χ2v) is 4.90. The Balaban J connectivity index is 2.01. The summed E-state index contributed by atoms with van der Waals surface area (Å²) < 4.78 is 0. The lowest BCUT2D eigenvalue weighted by atomic mass is 10.2. The van der Waals surface area contributed by atoms with Gasteiger partial charge >= 0.3 is 5.97 Å². The maximum Gasteiger partial charge on any atom is 0.337 e. The quantitative estimate of drug-likeness (QED) is 0.876. The number of rotatable bonds is 4. The Kier molecular flexibility index (Phi) is 3.32. The molecule has 1 aromatic heterocycles. The van der Waals surface area contributed by atoms with Crippen LogP contribution in [0.15, 0.2) is 18.3 Å². The van der Waals surface area contributed by atoms with Crippen LogP contribution < -0.4 is 0 Å². The molecule has 2 rings (SSSR count). The fraction of sp³-hybridized carbons (Fsp3) is 0.462. The van der Waals surface area contributed by atoms with Gasteiger partial charge in [-0.15, -0.1) is 0 Å². The van der Waals surface area contributed by atoms with E-state index in [0.29, 0.717) is 11.8 Å². The third kappa shape index (κ3) is 2.67. The summed E-state index contributed by atoms with van der Waals surface area (Å²) in [5.74, 6) is 0.0903. The zero-order valence-corrected chi connectivity index (χ0v) is 10.5. The summed E-state index contributed by atoms with van der Waals surface area (Å²) in [7, 11) is 1.75. The first-order valence-corrected chi connectivity index (χ1v) is 5.94. The van der Waals surface area contributed by atoms with E-state index in [9.17, 15) is 9.59 Å².